The molecule has 112 valence electrons. The standard InChI is InChI=1S/C14H20O5S/c1-17-10-4-3-9(12(5-10)18-2)7-20-8-13-14(16)11(15)6-19-13/h3-5,11,13-16H,6-8H2,1-2H3. The fourth-order valence-electron chi connectivity index (χ4n) is 2.07. The van der Waals surface area contributed by atoms with Gasteiger partial charge in [0.2, 0.25) is 0 Å². The van der Waals surface area contributed by atoms with Crippen LogP contribution >= 0.6 is 11.8 Å². The van der Waals surface area contributed by atoms with Crippen molar-refractivity contribution in [1.29, 1.82) is 0 Å². The van der Waals surface area contributed by atoms with Crippen LogP contribution in [0.5, 0.6) is 11.5 Å². The molecule has 1 fully saturated rings. The smallest absolute Gasteiger partial charge is 0.126 e. The summed E-state index contributed by atoms with van der Waals surface area (Å²) in [5.41, 5.74) is 1.06. The maximum absolute atomic E-state index is 9.69. The predicted molar refractivity (Wildman–Crippen MR) is 77.5 cm³/mol. The molecule has 3 unspecified atom stereocenters. The minimum atomic E-state index is -0.791. The van der Waals surface area contributed by atoms with E-state index in [1.165, 1.54) is 0 Å². The summed E-state index contributed by atoms with van der Waals surface area (Å²) in [7, 11) is 3.25. The number of hydrogen-bond donors (Lipinski definition) is 2. The Morgan fingerprint density at radius 3 is 2.70 bits per heavy atom. The first-order chi connectivity index (χ1) is 9.65. The Hall–Kier alpha value is -0.950. The molecule has 0 aromatic heterocycles. The van der Waals surface area contributed by atoms with E-state index in [2.05, 4.69) is 0 Å². The molecule has 2 N–H and O–H groups in total. The first-order valence-electron chi connectivity index (χ1n) is 6.42. The zero-order valence-corrected chi connectivity index (χ0v) is 12.4. The van der Waals surface area contributed by atoms with Crippen molar-refractivity contribution in [2.24, 2.45) is 0 Å². The summed E-state index contributed by atoms with van der Waals surface area (Å²) in [6, 6.07) is 5.70. The Balaban J connectivity index is 1.88. The SMILES string of the molecule is COc1ccc(CSCC2OCC(O)C2O)c(OC)c1. The van der Waals surface area contributed by atoms with Gasteiger partial charge in [-0.2, -0.15) is 11.8 Å². The number of ether oxygens (including phenoxy) is 3. The van der Waals surface area contributed by atoms with Crippen molar-refractivity contribution >= 4 is 11.8 Å². The van der Waals surface area contributed by atoms with Gasteiger partial charge in [-0.25, -0.2) is 0 Å². The lowest BCUT2D eigenvalue weighted by Gasteiger charge is -2.15. The molecule has 0 aliphatic carbocycles. The number of rotatable bonds is 6. The second-order valence-electron chi connectivity index (χ2n) is 4.62. The maximum Gasteiger partial charge on any atom is 0.126 e. The molecular weight excluding hydrogens is 280 g/mol. The number of thioether (sulfide) groups is 1. The normalized spacial score (nSPS) is 25.7. The average molecular weight is 300 g/mol. The molecule has 1 aromatic carbocycles. The van der Waals surface area contributed by atoms with E-state index in [9.17, 15) is 10.2 Å². The van der Waals surface area contributed by atoms with Crippen molar-refractivity contribution < 1.29 is 24.4 Å². The van der Waals surface area contributed by atoms with E-state index in [0.29, 0.717) is 5.75 Å². The summed E-state index contributed by atoms with van der Waals surface area (Å²) in [5.74, 6) is 2.92. The molecule has 0 bridgehead atoms. The molecule has 1 aromatic rings. The highest BCUT2D eigenvalue weighted by Gasteiger charge is 2.34. The van der Waals surface area contributed by atoms with Gasteiger partial charge < -0.3 is 24.4 Å². The molecule has 3 atom stereocenters. The molecule has 1 saturated heterocycles. The van der Waals surface area contributed by atoms with E-state index in [1.807, 2.05) is 18.2 Å². The van der Waals surface area contributed by atoms with E-state index in [0.717, 1.165) is 22.8 Å². The summed E-state index contributed by atoms with van der Waals surface area (Å²) in [6.45, 7) is 0.207. The maximum atomic E-state index is 9.69. The van der Waals surface area contributed by atoms with Gasteiger partial charge in [0.25, 0.3) is 0 Å². The lowest BCUT2D eigenvalue weighted by molar-refractivity contribution is 0.0337. The molecule has 20 heavy (non-hydrogen) atoms. The third-order valence-electron chi connectivity index (χ3n) is 3.29. The molecule has 0 spiro atoms. The molecule has 0 amide bonds. The zero-order chi connectivity index (χ0) is 14.5. The highest BCUT2D eigenvalue weighted by Crippen LogP contribution is 2.29. The van der Waals surface area contributed by atoms with E-state index in [4.69, 9.17) is 14.2 Å². The van der Waals surface area contributed by atoms with Crippen LogP contribution < -0.4 is 9.47 Å². The van der Waals surface area contributed by atoms with Gasteiger partial charge in [0.1, 0.15) is 23.7 Å². The summed E-state index contributed by atoms with van der Waals surface area (Å²) in [5, 5.41) is 19.1. The third kappa shape index (κ3) is 3.58. The van der Waals surface area contributed by atoms with Crippen molar-refractivity contribution in [2.45, 2.75) is 24.1 Å². The first kappa shape index (κ1) is 15.4. The summed E-state index contributed by atoms with van der Waals surface area (Å²) in [6.07, 6.45) is -1.87. The van der Waals surface area contributed by atoms with Gasteiger partial charge in [0, 0.05) is 23.1 Å². The average Bonchev–Trinajstić information content (AvgIpc) is 2.79. The van der Waals surface area contributed by atoms with Crippen LogP contribution in [0.3, 0.4) is 0 Å². The van der Waals surface area contributed by atoms with Crippen LogP contribution in [-0.4, -0.2) is 55.1 Å². The monoisotopic (exact) mass is 300 g/mol. The topological polar surface area (TPSA) is 68.2 Å². The number of hydrogen-bond acceptors (Lipinski definition) is 6. The molecule has 5 nitrogen and oxygen atoms in total. The number of benzene rings is 1. The molecule has 1 aliphatic rings. The minimum Gasteiger partial charge on any atom is -0.497 e. The van der Waals surface area contributed by atoms with Gasteiger partial charge in [0.05, 0.1) is 26.9 Å². The molecule has 2 rings (SSSR count). The van der Waals surface area contributed by atoms with E-state index < -0.39 is 12.2 Å². The zero-order valence-electron chi connectivity index (χ0n) is 11.6. The second-order valence-corrected chi connectivity index (χ2v) is 5.65. The predicted octanol–water partition coefficient (Wildman–Crippen LogP) is 1.06. The minimum absolute atomic E-state index is 0.207. The largest absolute Gasteiger partial charge is 0.497 e. The Morgan fingerprint density at radius 1 is 1.30 bits per heavy atom. The first-order valence-corrected chi connectivity index (χ1v) is 7.57. The van der Waals surface area contributed by atoms with Crippen LogP contribution in [0.1, 0.15) is 5.56 Å². The Labute approximate surface area is 122 Å². The molecule has 1 aliphatic heterocycles. The van der Waals surface area contributed by atoms with Gasteiger partial charge in [-0.1, -0.05) is 6.07 Å². The lowest BCUT2D eigenvalue weighted by atomic mass is 10.2. The van der Waals surface area contributed by atoms with Crippen molar-refractivity contribution in [3.8, 4) is 11.5 Å². The number of aliphatic hydroxyl groups is 2. The van der Waals surface area contributed by atoms with Gasteiger partial charge in [0.15, 0.2) is 0 Å². The van der Waals surface area contributed by atoms with Gasteiger partial charge in [-0.05, 0) is 6.07 Å². The van der Waals surface area contributed by atoms with Crippen LogP contribution in [0.4, 0.5) is 0 Å². The third-order valence-corrected chi connectivity index (χ3v) is 4.37. The Kier molecular flexibility index (Phi) is 5.54. The van der Waals surface area contributed by atoms with Crippen LogP contribution in [-0.2, 0) is 10.5 Å². The van der Waals surface area contributed by atoms with Gasteiger partial charge in [-0.15, -0.1) is 0 Å². The van der Waals surface area contributed by atoms with Crippen molar-refractivity contribution in [3.63, 3.8) is 0 Å². The summed E-state index contributed by atoms with van der Waals surface area (Å²) in [4.78, 5) is 0. The Morgan fingerprint density at radius 2 is 2.10 bits per heavy atom. The molecule has 6 heteroatoms. The lowest BCUT2D eigenvalue weighted by Crippen LogP contribution is -2.31. The van der Waals surface area contributed by atoms with Crippen LogP contribution in [0.15, 0.2) is 18.2 Å². The van der Waals surface area contributed by atoms with E-state index in [1.54, 1.807) is 26.0 Å². The Bertz CT molecular complexity index is 440. The molecular formula is C14H20O5S. The number of methoxy groups -OCH3 is 2. The molecule has 0 radical (unpaired) electrons. The van der Waals surface area contributed by atoms with Crippen LogP contribution in [0.2, 0.25) is 0 Å². The van der Waals surface area contributed by atoms with Crippen molar-refractivity contribution in [1.82, 2.24) is 0 Å². The highest BCUT2D eigenvalue weighted by atomic mass is 32.2. The molecule has 1 heterocycles. The fraction of sp³-hybridized carbons (Fsp3) is 0.571. The van der Waals surface area contributed by atoms with Crippen molar-refractivity contribution in [2.75, 3.05) is 26.6 Å². The van der Waals surface area contributed by atoms with Crippen LogP contribution in [0.25, 0.3) is 0 Å². The van der Waals surface area contributed by atoms with Gasteiger partial charge >= 0.3 is 0 Å². The van der Waals surface area contributed by atoms with Crippen LogP contribution in [0, 0.1) is 0 Å². The summed E-state index contributed by atoms with van der Waals surface area (Å²) >= 11 is 1.64. The highest BCUT2D eigenvalue weighted by molar-refractivity contribution is 7.98. The molecule has 0 saturated carbocycles. The summed E-state index contributed by atoms with van der Waals surface area (Å²) < 4.78 is 15.8. The van der Waals surface area contributed by atoms with E-state index >= 15 is 0 Å². The number of aliphatic hydroxyl groups excluding tert-OH is 2. The van der Waals surface area contributed by atoms with E-state index in [-0.39, 0.29) is 12.7 Å². The fourth-order valence-corrected chi connectivity index (χ4v) is 3.17. The van der Waals surface area contributed by atoms with Crippen molar-refractivity contribution in [3.05, 3.63) is 23.8 Å². The second kappa shape index (κ2) is 7.17. The van der Waals surface area contributed by atoms with Gasteiger partial charge in [-0.3, -0.25) is 0 Å². The quantitative estimate of drug-likeness (QED) is 0.819.